The number of thiazole rings is 1. The molecule has 1 saturated heterocycles. The summed E-state index contributed by atoms with van der Waals surface area (Å²) < 4.78 is 6.65. The fourth-order valence-corrected chi connectivity index (χ4v) is 8.41. The fraction of sp³-hybridized carbons (Fsp3) is 0.444. The van der Waals surface area contributed by atoms with E-state index in [1.54, 1.807) is 46.5 Å². The number of nitrogens with one attached hydrogen (secondary N) is 1. The van der Waals surface area contributed by atoms with E-state index in [0.29, 0.717) is 67.9 Å². The second-order valence-electron chi connectivity index (χ2n) is 13.0. The number of likely N-dealkylation sites (tertiary alicyclic amines) is 1. The number of hydrogen-bond donors (Lipinski definition) is 1. The van der Waals surface area contributed by atoms with Crippen molar-refractivity contribution in [3.8, 4) is 5.75 Å². The lowest BCUT2D eigenvalue weighted by molar-refractivity contribution is -0.146. The van der Waals surface area contributed by atoms with Gasteiger partial charge in [-0.25, -0.2) is 4.98 Å². The molecule has 12 heteroatoms. The summed E-state index contributed by atoms with van der Waals surface area (Å²) in [7, 11) is 1.60. The third kappa shape index (κ3) is 5.76. The van der Waals surface area contributed by atoms with Crippen LogP contribution in [-0.2, 0) is 16.0 Å². The van der Waals surface area contributed by atoms with Crippen molar-refractivity contribution in [2.75, 3.05) is 33.2 Å². The van der Waals surface area contributed by atoms with Gasteiger partial charge in [0, 0.05) is 49.3 Å². The van der Waals surface area contributed by atoms with E-state index in [9.17, 15) is 24.0 Å². The first-order valence-corrected chi connectivity index (χ1v) is 17.6. The number of hydrogen-bond acceptors (Lipinski definition) is 8. The van der Waals surface area contributed by atoms with Crippen molar-refractivity contribution < 1.29 is 28.7 Å². The van der Waals surface area contributed by atoms with Crippen molar-refractivity contribution in [2.45, 2.75) is 57.6 Å². The van der Waals surface area contributed by atoms with Gasteiger partial charge < -0.3 is 19.9 Å². The van der Waals surface area contributed by atoms with Crippen molar-refractivity contribution >= 4 is 40.9 Å². The molecule has 4 aliphatic rings. The Balaban J connectivity index is 1.21. The zero-order valence-corrected chi connectivity index (χ0v) is 28.0. The summed E-state index contributed by atoms with van der Waals surface area (Å²) in [6.45, 7) is 3.14. The molecule has 0 bridgehead atoms. The summed E-state index contributed by atoms with van der Waals surface area (Å²) >= 11 is 1.44. The molecule has 1 N–H and O–H groups in total. The molecule has 11 nitrogen and oxygen atoms in total. The number of benzene rings is 2. The normalized spacial score (nSPS) is 23.6. The van der Waals surface area contributed by atoms with E-state index >= 15 is 0 Å². The van der Waals surface area contributed by atoms with Crippen molar-refractivity contribution in [3.05, 3.63) is 80.8 Å². The summed E-state index contributed by atoms with van der Waals surface area (Å²) in [6.07, 6.45) is 3.86. The van der Waals surface area contributed by atoms with Gasteiger partial charge in [0.25, 0.3) is 17.7 Å². The first kappa shape index (κ1) is 32.0. The number of fused-ring (bicyclic) bond motifs is 2. The van der Waals surface area contributed by atoms with Crippen LogP contribution < -0.4 is 10.1 Å². The second kappa shape index (κ2) is 13.1. The number of aryl methyl sites for hydroxylation is 1. The van der Waals surface area contributed by atoms with Gasteiger partial charge in [-0.15, -0.1) is 11.3 Å². The number of carbonyl (C=O) groups is 5. The van der Waals surface area contributed by atoms with Gasteiger partial charge in [0.15, 0.2) is 0 Å². The SMILES string of the molecule is CNC(=O)[C@H]1CCCC[C@H]1C(=O)N1CCc2cccc(OC3CCN(C(=O)c4csc(C)n4)C3)c2[C@H]1CN1C(=O)c2ccccc2C1=O. The molecule has 1 aliphatic carbocycles. The number of ether oxygens (including phenoxy) is 1. The number of imide groups is 1. The lowest BCUT2D eigenvalue weighted by Gasteiger charge is -2.43. The highest BCUT2D eigenvalue weighted by Crippen LogP contribution is 2.42. The quantitative estimate of drug-likeness (QED) is 0.377. The van der Waals surface area contributed by atoms with Gasteiger partial charge in [0.2, 0.25) is 11.8 Å². The van der Waals surface area contributed by atoms with Crippen LogP contribution in [0.3, 0.4) is 0 Å². The van der Waals surface area contributed by atoms with Crippen molar-refractivity contribution in [2.24, 2.45) is 11.8 Å². The predicted molar refractivity (Wildman–Crippen MR) is 178 cm³/mol. The van der Waals surface area contributed by atoms with E-state index in [2.05, 4.69) is 10.3 Å². The highest BCUT2D eigenvalue weighted by molar-refractivity contribution is 7.09. The lowest BCUT2D eigenvalue weighted by atomic mass is 9.77. The number of nitrogens with zero attached hydrogens (tertiary/aromatic N) is 4. The molecule has 3 aliphatic heterocycles. The van der Waals surface area contributed by atoms with E-state index in [-0.39, 0.29) is 30.4 Å². The maximum atomic E-state index is 14.5. The molecular formula is C36H39N5O6S. The third-order valence-corrected chi connectivity index (χ3v) is 11.0. The van der Waals surface area contributed by atoms with E-state index < -0.39 is 29.7 Å². The number of aromatic nitrogens is 1. The van der Waals surface area contributed by atoms with Crippen LogP contribution in [0, 0.1) is 18.8 Å². The molecule has 0 radical (unpaired) electrons. The van der Waals surface area contributed by atoms with Crippen LogP contribution in [0.15, 0.2) is 47.8 Å². The zero-order valence-electron chi connectivity index (χ0n) is 27.1. The number of carbonyl (C=O) groups excluding carboxylic acids is 5. The van der Waals surface area contributed by atoms with E-state index in [1.807, 2.05) is 25.1 Å². The predicted octanol–water partition coefficient (Wildman–Crippen LogP) is 4.02. The summed E-state index contributed by atoms with van der Waals surface area (Å²) in [5.41, 5.74) is 2.87. The second-order valence-corrected chi connectivity index (χ2v) is 14.1. The van der Waals surface area contributed by atoms with Crippen LogP contribution in [0.4, 0.5) is 0 Å². The summed E-state index contributed by atoms with van der Waals surface area (Å²) in [5, 5.41) is 5.35. The molecule has 2 fully saturated rings. The molecule has 3 aromatic rings. The molecule has 1 aromatic heterocycles. The van der Waals surface area contributed by atoms with Gasteiger partial charge in [-0.05, 0) is 49.9 Å². The molecule has 2 aromatic carbocycles. The molecule has 4 atom stereocenters. The molecule has 250 valence electrons. The molecule has 0 spiro atoms. The maximum Gasteiger partial charge on any atom is 0.273 e. The van der Waals surface area contributed by atoms with E-state index in [0.717, 1.165) is 29.0 Å². The Bertz CT molecular complexity index is 1750. The van der Waals surface area contributed by atoms with Crippen LogP contribution in [0.2, 0.25) is 0 Å². The molecule has 1 unspecified atom stereocenters. The first-order valence-electron chi connectivity index (χ1n) is 16.7. The van der Waals surface area contributed by atoms with Crippen molar-refractivity contribution in [3.63, 3.8) is 0 Å². The van der Waals surface area contributed by atoms with Crippen molar-refractivity contribution in [1.82, 2.24) is 25.0 Å². The summed E-state index contributed by atoms with van der Waals surface area (Å²) in [5.74, 6) is -1.55. The lowest BCUT2D eigenvalue weighted by Crippen LogP contribution is -2.51. The standard InChI is InChI=1S/C36H39N5O6S/c1-21-38-28(20-48-21)36(46)39-16-15-23(18-39)47-30-13-7-8-22-14-17-40(33(43)25-10-4-3-9-24(25)32(42)37-2)29(31(22)30)19-41-34(44)26-11-5-6-12-27(26)35(41)45/h5-8,11-13,20,23-25,29H,3-4,9-10,14-19H2,1-2H3,(H,37,42)/t23?,24-,25+,29+/m0/s1. The summed E-state index contributed by atoms with van der Waals surface area (Å²) in [4.78, 5) is 76.9. The summed E-state index contributed by atoms with van der Waals surface area (Å²) in [6, 6.07) is 11.9. The first-order chi connectivity index (χ1) is 23.2. The van der Waals surface area contributed by atoms with Crippen LogP contribution in [0.5, 0.6) is 5.75 Å². The van der Waals surface area contributed by atoms with E-state index in [4.69, 9.17) is 4.74 Å². The van der Waals surface area contributed by atoms with Crippen LogP contribution in [0.1, 0.15) is 85.5 Å². The Morgan fingerprint density at radius 2 is 1.69 bits per heavy atom. The minimum atomic E-state index is -0.677. The third-order valence-electron chi connectivity index (χ3n) is 10.2. The topological polar surface area (TPSA) is 129 Å². The van der Waals surface area contributed by atoms with Crippen molar-refractivity contribution in [1.29, 1.82) is 0 Å². The van der Waals surface area contributed by atoms with Gasteiger partial charge in [-0.2, -0.15) is 0 Å². The smallest absolute Gasteiger partial charge is 0.273 e. The zero-order chi connectivity index (χ0) is 33.5. The largest absolute Gasteiger partial charge is 0.488 e. The molecule has 4 heterocycles. The molecule has 48 heavy (non-hydrogen) atoms. The Labute approximate surface area is 283 Å². The van der Waals surface area contributed by atoms with Gasteiger partial charge >= 0.3 is 0 Å². The van der Waals surface area contributed by atoms with Gasteiger partial charge in [-0.3, -0.25) is 28.9 Å². The average molecular weight is 670 g/mol. The number of amides is 5. The Morgan fingerprint density at radius 3 is 2.38 bits per heavy atom. The Morgan fingerprint density at radius 1 is 0.958 bits per heavy atom. The van der Waals surface area contributed by atoms with E-state index in [1.165, 1.54) is 16.2 Å². The Kier molecular flexibility index (Phi) is 8.76. The van der Waals surface area contributed by atoms with Gasteiger partial charge in [0.1, 0.15) is 17.5 Å². The average Bonchev–Trinajstić information content (AvgIpc) is 3.83. The monoisotopic (exact) mass is 669 g/mol. The van der Waals surface area contributed by atoms with Gasteiger partial charge in [0.05, 0.1) is 35.3 Å². The molecule has 7 rings (SSSR count). The fourth-order valence-electron chi connectivity index (χ4n) is 7.82. The van der Waals surface area contributed by atoms with Crippen LogP contribution in [0.25, 0.3) is 0 Å². The number of rotatable bonds is 7. The molecular weight excluding hydrogens is 630 g/mol. The maximum absolute atomic E-state index is 14.5. The van der Waals surface area contributed by atoms with Gasteiger partial charge in [-0.1, -0.05) is 37.1 Å². The molecule has 1 saturated carbocycles. The minimum Gasteiger partial charge on any atom is -0.488 e. The Hall–Kier alpha value is -4.58. The molecule has 5 amide bonds. The van der Waals surface area contributed by atoms with Crippen LogP contribution >= 0.6 is 11.3 Å². The minimum absolute atomic E-state index is 0.0404. The highest BCUT2D eigenvalue weighted by Gasteiger charge is 2.45. The van der Waals surface area contributed by atoms with Crippen LogP contribution in [-0.4, -0.2) is 88.6 Å². The highest BCUT2D eigenvalue weighted by atomic mass is 32.1.